The van der Waals surface area contributed by atoms with Gasteiger partial charge in [0.15, 0.2) is 0 Å². The van der Waals surface area contributed by atoms with Crippen LogP contribution < -0.4 is 5.32 Å². The van der Waals surface area contributed by atoms with Gasteiger partial charge in [0, 0.05) is 6.07 Å². The second-order valence-corrected chi connectivity index (χ2v) is 5.66. The quantitative estimate of drug-likeness (QED) is 0.799. The van der Waals surface area contributed by atoms with Crippen LogP contribution in [0.4, 0.5) is 14.5 Å². The highest BCUT2D eigenvalue weighted by molar-refractivity contribution is 6.03. The average Bonchev–Trinajstić information content (AvgIpc) is 2.43. The number of rotatable bonds is 1. The van der Waals surface area contributed by atoms with E-state index in [2.05, 4.69) is 5.32 Å². The van der Waals surface area contributed by atoms with Crippen LogP contribution in [0.3, 0.4) is 0 Å². The van der Waals surface area contributed by atoms with Crippen molar-refractivity contribution >= 4 is 11.6 Å². The van der Waals surface area contributed by atoms with Crippen molar-refractivity contribution in [3.05, 3.63) is 29.3 Å². The Morgan fingerprint density at radius 3 is 2.53 bits per heavy atom. The molecule has 1 heterocycles. The normalized spacial score (nSPS) is 19.1. The maximum atomic E-state index is 13.5. The molecule has 2 rings (SSSR count). The van der Waals surface area contributed by atoms with E-state index < -0.39 is 17.6 Å². The Labute approximate surface area is 99.0 Å². The predicted octanol–water partition coefficient (Wildman–Crippen LogP) is 3.44. The van der Waals surface area contributed by atoms with Crippen LogP contribution >= 0.6 is 0 Å². The minimum atomic E-state index is -0.704. The van der Waals surface area contributed by atoms with Gasteiger partial charge in [-0.1, -0.05) is 20.8 Å². The fraction of sp³-hybridized carbons (Fsp3) is 0.462. The minimum absolute atomic E-state index is 0.0770. The molecular weight excluding hydrogens is 224 g/mol. The molecule has 2 nitrogen and oxygen atoms in total. The Morgan fingerprint density at radius 1 is 1.29 bits per heavy atom. The maximum Gasteiger partial charge on any atom is 0.232 e. The van der Waals surface area contributed by atoms with E-state index in [1.165, 1.54) is 6.07 Å². The summed E-state index contributed by atoms with van der Waals surface area (Å²) in [6.45, 7) is 5.98. The number of hydrogen-bond donors (Lipinski definition) is 1. The van der Waals surface area contributed by atoms with Gasteiger partial charge in [-0.05, 0) is 23.5 Å². The lowest BCUT2D eigenvalue weighted by molar-refractivity contribution is -0.117. The first kappa shape index (κ1) is 12.0. The fourth-order valence-corrected chi connectivity index (χ4v) is 2.17. The van der Waals surface area contributed by atoms with Crippen LogP contribution in [0.1, 0.15) is 38.7 Å². The number of carbonyl (C=O) groups excluding carboxylic acids is 1. The van der Waals surface area contributed by atoms with Crippen molar-refractivity contribution in [3.8, 4) is 0 Å². The summed E-state index contributed by atoms with van der Waals surface area (Å²) in [5.41, 5.74) is 0.486. The fourth-order valence-electron chi connectivity index (χ4n) is 2.17. The van der Waals surface area contributed by atoms with Crippen LogP contribution in [-0.2, 0) is 4.79 Å². The van der Waals surface area contributed by atoms with E-state index in [0.717, 1.165) is 6.07 Å². The molecule has 0 saturated heterocycles. The van der Waals surface area contributed by atoms with Crippen molar-refractivity contribution in [1.82, 2.24) is 0 Å². The van der Waals surface area contributed by atoms with Crippen molar-refractivity contribution in [3.63, 3.8) is 0 Å². The number of fused-ring (bicyclic) bond motifs is 1. The molecule has 0 radical (unpaired) electrons. The van der Waals surface area contributed by atoms with Crippen molar-refractivity contribution < 1.29 is 13.6 Å². The molecule has 1 aliphatic heterocycles. The molecule has 0 aromatic heterocycles. The van der Waals surface area contributed by atoms with Crippen LogP contribution in [0.2, 0.25) is 0 Å². The van der Waals surface area contributed by atoms with Crippen molar-refractivity contribution in [1.29, 1.82) is 0 Å². The molecule has 1 amide bonds. The third kappa shape index (κ3) is 2.30. The Balaban J connectivity index is 2.43. The Kier molecular flexibility index (Phi) is 2.68. The van der Waals surface area contributed by atoms with Gasteiger partial charge in [-0.2, -0.15) is 0 Å². The van der Waals surface area contributed by atoms with Gasteiger partial charge in [0.2, 0.25) is 5.91 Å². The Morgan fingerprint density at radius 2 is 1.94 bits per heavy atom. The molecule has 17 heavy (non-hydrogen) atoms. The lowest BCUT2D eigenvalue weighted by Gasteiger charge is -2.21. The van der Waals surface area contributed by atoms with Gasteiger partial charge >= 0.3 is 0 Å². The highest BCUT2D eigenvalue weighted by Crippen LogP contribution is 2.41. The van der Waals surface area contributed by atoms with E-state index >= 15 is 0 Å². The number of hydrogen-bond acceptors (Lipinski definition) is 1. The van der Waals surface area contributed by atoms with Gasteiger partial charge in [0.1, 0.15) is 11.6 Å². The third-order valence-electron chi connectivity index (χ3n) is 2.84. The van der Waals surface area contributed by atoms with Crippen LogP contribution in [0.15, 0.2) is 12.1 Å². The van der Waals surface area contributed by atoms with E-state index in [4.69, 9.17) is 0 Å². The van der Waals surface area contributed by atoms with Crippen LogP contribution in [0.5, 0.6) is 0 Å². The summed E-state index contributed by atoms with van der Waals surface area (Å²) in [6.07, 6.45) is 0.564. The molecule has 1 atom stereocenters. The molecule has 92 valence electrons. The first-order valence-electron chi connectivity index (χ1n) is 5.58. The van der Waals surface area contributed by atoms with E-state index in [1.807, 2.05) is 20.8 Å². The van der Waals surface area contributed by atoms with Gasteiger partial charge < -0.3 is 5.32 Å². The molecule has 1 unspecified atom stereocenters. The summed E-state index contributed by atoms with van der Waals surface area (Å²) in [5, 5.41) is 2.48. The summed E-state index contributed by atoms with van der Waals surface area (Å²) in [6, 6.07) is 2.03. The van der Waals surface area contributed by atoms with E-state index in [-0.39, 0.29) is 17.0 Å². The SMILES string of the molecule is CC(C)(C)CC1C(=O)Nc2c(F)cc(F)cc21. The summed E-state index contributed by atoms with van der Waals surface area (Å²) >= 11 is 0. The largest absolute Gasteiger partial charge is 0.323 e. The number of halogens is 2. The van der Waals surface area contributed by atoms with Crippen molar-refractivity contribution in [2.75, 3.05) is 5.32 Å². The topological polar surface area (TPSA) is 29.1 Å². The molecule has 0 aliphatic carbocycles. The third-order valence-corrected chi connectivity index (χ3v) is 2.84. The molecule has 0 bridgehead atoms. The van der Waals surface area contributed by atoms with Gasteiger partial charge in [-0.25, -0.2) is 8.78 Å². The second kappa shape index (κ2) is 3.79. The molecule has 0 spiro atoms. The number of nitrogens with one attached hydrogen (secondary N) is 1. The highest BCUT2D eigenvalue weighted by Gasteiger charge is 2.35. The lowest BCUT2D eigenvalue weighted by atomic mass is 9.82. The maximum absolute atomic E-state index is 13.5. The first-order valence-corrected chi connectivity index (χ1v) is 5.58. The summed E-state index contributed by atoms with van der Waals surface area (Å²) in [7, 11) is 0. The Hall–Kier alpha value is -1.45. The van der Waals surface area contributed by atoms with Gasteiger partial charge in [0.05, 0.1) is 11.6 Å². The van der Waals surface area contributed by atoms with E-state index in [0.29, 0.717) is 12.0 Å². The second-order valence-electron chi connectivity index (χ2n) is 5.66. The molecule has 1 aliphatic rings. The minimum Gasteiger partial charge on any atom is -0.323 e. The molecular formula is C13H15F2NO. The number of benzene rings is 1. The number of anilines is 1. The van der Waals surface area contributed by atoms with Gasteiger partial charge in [-0.3, -0.25) is 4.79 Å². The standard InChI is InChI=1S/C13H15F2NO/c1-13(2,3)6-9-8-4-7(14)5-10(15)11(8)16-12(9)17/h4-5,9H,6H2,1-3H3,(H,16,17). The van der Waals surface area contributed by atoms with Crippen LogP contribution in [0.25, 0.3) is 0 Å². The van der Waals surface area contributed by atoms with E-state index in [1.54, 1.807) is 0 Å². The summed E-state index contributed by atoms with van der Waals surface area (Å²) in [5.74, 6) is -2.06. The highest BCUT2D eigenvalue weighted by atomic mass is 19.1. The molecule has 1 aromatic rings. The smallest absolute Gasteiger partial charge is 0.232 e. The first-order chi connectivity index (χ1) is 7.78. The van der Waals surface area contributed by atoms with Crippen molar-refractivity contribution in [2.45, 2.75) is 33.1 Å². The zero-order valence-electron chi connectivity index (χ0n) is 10.1. The molecule has 1 aromatic carbocycles. The number of carbonyl (C=O) groups is 1. The Bertz CT molecular complexity index is 477. The average molecular weight is 239 g/mol. The van der Waals surface area contributed by atoms with E-state index in [9.17, 15) is 13.6 Å². The lowest BCUT2D eigenvalue weighted by Crippen LogP contribution is -2.18. The number of amides is 1. The van der Waals surface area contributed by atoms with Gasteiger partial charge in [0.25, 0.3) is 0 Å². The molecule has 1 N–H and O–H groups in total. The monoisotopic (exact) mass is 239 g/mol. The van der Waals surface area contributed by atoms with Gasteiger partial charge in [-0.15, -0.1) is 0 Å². The molecule has 4 heteroatoms. The van der Waals surface area contributed by atoms with Crippen molar-refractivity contribution in [2.24, 2.45) is 5.41 Å². The summed E-state index contributed by atoms with van der Waals surface area (Å²) in [4.78, 5) is 11.8. The molecule has 0 fully saturated rings. The van der Waals surface area contributed by atoms with Crippen LogP contribution in [0, 0.1) is 17.0 Å². The zero-order chi connectivity index (χ0) is 12.8. The molecule has 0 saturated carbocycles. The zero-order valence-corrected chi connectivity index (χ0v) is 10.1. The van der Waals surface area contributed by atoms with Crippen LogP contribution in [-0.4, -0.2) is 5.91 Å². The predicted molar refractivity (Wildman–Crippen MR) is 61.8 cm³/mol. The summed E-state index contributed by atoms with van der Waals surface area (Å²) < 4.78 is 26.7.